The van der Waals surface area contributed by atoms with E-state index in [-0.39, 0.29) is 23.8 Å². The van der Waals surface area contributed by atoms with Crippen molar-refractivity contribution in [2.75, 3.05) is 39.3 Å². The molecule has 2 fully saturated rings. The van der Waals surface area contributed by atoms with Crippen LogP contribution in [0.4, 0.5) is 0 Å². The molecule has 2 unspecified atom stereocenters. The molecular weight excluding hydrogens is 270 g/mol. The number of hydrogen-bond acceptors (Lipinski definition) is 4. The molecule has 0 aromatic heterocycles. The molecule has 2 atom stereocenters. The van der Waals surface area contributed by atoms with Gasteiger partial charge in [-0.05, 0) is 25.3 Å². The topological polar surface area (TPSA) is 75.9 Å². The van der Waals surface area contributed by atoms with Crippen molar-refractivity contribution < 1.29 is 14.3 Å². The third-order valence-electron chi connectivity index (χ3n) is 4.52. The molecule has 2 rings (SSSR count). The Balaban J connectivity index is 1.77. The lowest BCUT2D eigenvalue weighted by Crippen LogP contribution is -2.53. The molecule has 2 heterocycles. The molecule has 6 nitrogen and oxygen atoms in total. The Labute approximate surface area is 126 Å². The standard InChI is InChI=1S/C15H27N3O3/c1-2-12(11-16)10-14(19)17-5-7-18(8-6-17)15(20)13-4-3-9-21-13/h12-13H,2-11,16H2,1H3. The van der Waals surface area contributed by atoms with E-state index in [1.165, 1.54) is 0 Å². The highest BCUT2D eigenvalue weighted by Gasteiger charge is 2.31. The van der Waals surface area contributed by atoms with Crippen molar-refractivity contribution in [2.45, 2.75) is 38.7 Å². The van der Waals surface area contributed by atoms with Crippen LogP contribution in [0.3, 0.4) is 0 Å². The Bertz CT molecular complexity index is 357. The van der Waals surface area contributed by atoms with Crippen LogP contribution in [0.25, 0.3) is 0 Å². The van der Waals surface area contributed by atoms with Crippen LogP contribution in [0, 0.1) is 5.92 Å². The summed E-state index contributed by atoms with van der Waals surface area (Å²) in [6, 6.07) is 0. The smallest absolute Gasteiger partial charge is 0.251 e. The van der Waals surface area contributed by atoms with Gasteiger partial charge in [-0.1, -0.05) is 13.3 Å². The fraction of sp³-hybridized carbons (Fsp3) is 0.867. The Morgan fingerprint density at radius 1 is 1.24 bits per heavy atom. The van der Waals surface area contributed by atoms with E-state index in [1.54, 1.807) is 0 Å². The number of nitrogens with zero attached hydrogens (tertiary/aromatic N) is 2. The van der Waals surface area contributed by atoms with Crippen LogP contribution in [0.15, 0.2) is 0 Å². The molecule has 0 spiro atoms. The summed E-state index contributed by atoms with van der Waals surface area (Å²) < 4.78 is 5.44. The lowest BCUT2D eigenvalue weighted by Gasteiger charge is -2.36. The van der Waals surface area contributed by atoms with Crippen LogP contribution in [0.1, 0.15) is 32.6 Å². The molecule has 2 amide bonds. The van der Waals surface area contributed by atoms with Crippen LogP contribution in [0.5, 0.6) is 0 Å². The maximum Gasteiger partial charge on any atom is 0.251 e. The quantitative estimate of drug-likeness (QED) is 0.787. The number of rotatable bonds is 5. The Morgan fingerprint density at radius 2 is 1.90 bits per heavy atom. The molecule has 0 aromatic rings. The second-order valence-corrected chi connectivity index (χ2v) is 5.92. The summed E-state index contributed by atoms with van der Waals surface area (Å²) in [5, 5.41) is 0. The van der Waals surface area contributed by atoms with Gasteiger partial charge in [-0.25, -0.2) is 0 Å². The SMILES string of the molecule is CCC(CN)CC(=O)N1CCN(C(=O)C2CCCO2)CC1. The normalized spacial score (nSPS) is 24.2. The lowest BCUT2D eigenvalue weighted by molar-refractivity contribution is -0.146. The Morgan fingerprint density at radius 3 is 2.43 bits per heavy atom. The zero-order valence-corrected chi connectivity index (χ0v) is 12.9. The molecule has 0 saturated carbocycles. The third-order valence-corrected chi connectivity index (χ3v) is 4.52. The van der Waals surface area contributed by atoms with Crippen LogP contribution >= 0.6 is 0 Å². The Hall–Kier alpha value is -1.14. The average molecular weight is 297 g/mol. The van der Waals surface area contributed by atoms with Crippen molar-refractivity contribution in [1.29, 1.82) is 0 Å². The molecule has 120 valence electrons. The van der Waals surface area contributed by atoms with E-state index < -0.39 is 0 Å². The van der Waals surface area contributed by atoms with Crippen molar-refractivity contribution in [3.8, 4) is 0 Å². The van der Waals surface area contributed by atoms with Crippen molar-refractivity contribution >= 4 is 11.8 Å². The first kappa shape index (κ1) is 16.2. The molecule has 2 saturated heterocycles. The first-order valence-corrected chi connectivity index (χ1v) is 8.04. The molecule has 6 heteroatoms. The number of carbonyl (C=O) groups is 2. The van der Waals surface area contributed by atoms with E-state index >= 15 is 0 Å². The van der Waals surface area contributed by atoms with E-state index in [9.17, 15) is 9.59 Å². The highest BCUT2D eigenvalue weighted by Crippen LogP contribution is 2.17. The summed E-state index contributed by atoms with van der Waals surface area (Å²) in [7, 11) is 0. The van der Waals surface area contributed by atoms with Crippen molar-refractivity contribution in [2.24, 2.45) is 11.7 Å². The molecule has 21 heavy (non-hydrogen) atoms. The molecule has 2 aliphatic rings. The minimum Gasteiger partial charge on any atom is -0.368 e. The minimum atomic E-state index is -0.256. The van der Waals surface area contributed by atoms with Crippen LogP contribution in [-0.2, 0) is 14.3 Å². The molecule has 2 aliphatic heterocycles. The fourth-order valence-electron chi connectivity index (χ4n) is 2.92. The van der Waals surface area contributed by atoms with Gasteiger partial charge in [0, 0.05) is 39.2 Å². The van der Waals surface area contributed by atoms with Crippen LogP contribution < -0.4 is 5.73 Å². The van der Waals surface area contributed by atoms with Gasteiger partial charge in [0.15, 0.2) is 0 Å². The highest BCUT2D eigenvalue weighted by molar-refractivity contribution is 5.82. The summed E-state index contributed by atoms with van der Waals surface area (Å²) in [5.41, 5.74) is 5.66. The summed E-state index contributed by atoms with van der Waals surface area (Å²) in [6.45, 7) is 5.78. The van der Waals surface area contributed by atoms with E-state index in [4.69, 9.17) is 10.5 Å². The fourth-order valence-corrected chi connectivity index (χ4v) is 2.92. The first-order valence-electron chi connectivity index (χ1n) is 8.04. The van der Waals surface area contributed by atoms with Gasteiger partial charge in [0.2, 0.25) is 5.91 Å². The van der Waals surface area contributed by atoms with Gasteiger partial charge in [-0.2, -0.15) is 0 Å². The number of carbonyl (C=O) groups excluding carboxylic acids is 2. The highest BCUT2D eigenvalue weighted by atomic mass is 16.5. The maximum absolute atomic E-state index is 12.2. The summed E-state index contributed by atoms with van der Waals surface area (Å²) in [4.78, 5) is 28.1. The van der Waals surface area contributed by atoms with Gasteiger partial charge < -0.3 is 20.3 Å². The van der Waals surface area contributed by atoms with Crippen molar-refractivity contribution in [3.05, 3.63) is 0 Å². The first-order chi connectivity index (χ1) is 10.2. The van der Waals surface area contributed by atoms with E-state index in [2.05, 4.69) is 6.92 Å². The summed E-state index contributed by atoms with van der Waals surface area (Å²) in [5.74, 6) is 0.522. The molecule has 0 aromatic carbocycles. The third kappa shape index (κ3) is 4.17. The monoisotopic (exact) mass is 297 g/mol. The average Bonchev–Trinajstić information content (AvgIpc) is 3.06. The summed E-state index contributed by atoms with van der Waals surface area (Å²) >= 11 is 0. The molecule has 2 N–H and O–H groups in total. The van der Waals surface area contributed by atoms with Crippen LogP contribution in [-0.4, -0.2) is 67.0 Å². The van der Waals surface area contributed by atoms with Crippen LogP contribution in [0.2, 0.25) is 0 Å². The number of nitrogens with two attached hydrogens (primary N) is 1. The second-order valence-electron chi connectivity index (χ2n) is 5.92. The molecular formula is C15H27N3O3. The van der Waals surface area contributed by atoms with Gasteiger partial charge >= 0.3 is 0 Å². The number of hydrogen-bond donors (Lipinski definition) is 1. The number of piperazine rings is 1. The van der Waals surface area contributed by atoms with Gasteiger partial charge in [0.1, 0.15) is 6.10 Å². The maximum atomic E-state index is 12.2. The van der Waals surface area contributed by atoms with Gasteiger partial charge in [0.25, 0.3) is 5.91 Å². The van der Waals surface area contributed by atoms with E-state index in [0.717, 1.165) is 19.3 Å². The zero-order valence-electron chi connectivity index (χ0n) is 12.9. The number of ether oxygens (including phenoxy) is 1. The van der Waals surface area contributed by atoms with Gasteiger partial charge in [-0.15, -0.1) is 0 Å². The van der Waals surface area contributed by atoms with E-state index in [1.807, 2.05) is 9.80 Å². The zero-order chi connectivity index (χ0) is 15.2. The van der Waals surface area contributed by atoms with Gasteiger partial charge in [0.05, 0.1) is 0 Å². The molecule has 0 radical (unpaired) electrons. The molecule has 0 bridgehead atoms. The minimum absolute atomic E-state index is 0.0907. The van der Waals surface area contributed by atoms with Gasteiger partial charge in [-0.3, -0.25) is 9.59 Å². The Kier molecular flexibility index (Phi) is 5.99. The largest absolute Gasteiger partial charge is 0.368 e. The predicted molar refractivity (Wildman–Crippen MR) is 79.6 cm³/mol. The number of amides is 2. The van der Waals surface area contributed by atoms with Crippen molar-refractivity contribution in [1.82, 2.24) is 9.80 Å². The summed E-state index contributed by atoms with van der Waals surface area (Å²) in [6.07, 6.45) is 2.99. The second kappa shape index (κ2) is 7.75. The van der Waals surface area contributed by atoms with Crippen molar-refractivity contribution in [3.63, 3.8) is 0 Å². The predicted octanol–water partition coefficient (Wildman–Crippen LogP) is 0.211. The molecule has 0 aliphatic carbocycles. The van der Waals surface area contributed by atoms with E-state index in [0.29, 0.717) is 45.8 Å². The lowest BCUT2D eigenvalue weighted by atomic mass is 10.0.